The minimum Gasteiger partial charge on any atom is -0.480 e. The van der Waals surface area contributed by atoms with Crippen molar-refractivity contribution < 1.29 is 14.7 Å². The summed E-state index contributed by atoms with van der Waals surface area (Å²) in [7, 11) is 0. The molecule has 108 valence electrons. The molecule has 2 N–H and O–H groups in total. The number of amides is 1. The van der Waals surface area contributed by atoms with Gasteiger partial charge in [0.25, 0.3) is 5.91 Å². The van der Waals surface area contributed by atoms with E-state index in [-0.39, 0.29) is 6.42 Å². The molecule has 0 spiro atoms. The molecular formula is C16H14ClNO3. The van der Waals surface area contributed by atoms with Gasteiger partial charge in [0, 0.05) is 17.0 Å². The number of carbonyl (C=O) groups is 2. The first-order chi connectivity index (χ1) is 10.1. The first-order valence-electron chi connectivity index (χ1n) is 6.39. The van der Waals surface area contributed by atoms with Crippen molar-refractivity contribution in [1.29, 1.82) is 0 Å². The zero-order chi connectivity index (χ0) is 15.2. The molecule has 4 nitrogen and oxygen atoms in total. The van der Waals surface area contributed by atoms with E-state index in [9.17, 15) is 14.7 Å². The van der Waals surface area contributed by atoms with Crippen molar-refractivity contribution in [3.05, 3.63) is 70.7 Å². The minimum absolute atomic E-state index is 0.225. The number of nitrogens with one attached hydrogen (secondary N) is 1. The van der Waals surface area contributed by atoms with Crippen molar-refractivity contribution >= 4 is 23.5 Å². The molecule has 5 heteroatoms. The number of carbonyl (C=O) groups excluding carboxylic acids is 1. The molecule has 0 aliphatic heterocycles. The van der Waals surface area contributed by atoms with E-state index in [4.69, 9.17) is 11.6 Å². The zero-order valence-electron chi connectivity index (χ0n) is 11.1. The highest BCUT2D eigenvalue weighted by atomic mass is 35.5. The van der Waals surface area contributed by atoms with E-state index in [2.05, 4.69) is 5.32 Å². The molecule has 21 heavy (non-hydrogen) atoms. The molecular weight excluding hydrogens is 290 g/mol. The third-order valence-electron chi connectivity index (χ3n) is 2.97. The lowest BCUT2D eigenvalue weighted by molar-refractivity contribution is -0.139. The lowest BCUT2D eigenvalue weighted by Gasteiger charge is -2.14. The average Bonchev–Trinajstić information content (AvgIpc) is 2.47. The quantitative estimate of drug-likeness (QED) is 0.892. The SMILES string of the molecule is O=C(NC(Cc1ccccc1)C(=O)O)c1cccc(Cl)c1. The average molecular weight is 304 g/mol. The van der Waals surface area contributed by atoms with Crippen LogP contribution in [0.5, 0.6) is 0 Å². The van der Waals surface area contributed by atoms with E-state index in [1.807, 2.05) is 30.3 Å². The number of aliphatic carboxylic acids is 1. The second-order valence-electron chi connectivity index (χ2n) is 4.56. The molecule has 0 saturated carbocycles. The molecule has 0 heterocycles. The fourth-order valence-electron chi connectivity index (χ4n) is 1.92. The Morgan fingerprint density at radius 3 is 2.43 bits per heavy atom. The number of rotatable bonds is 5. The van der Waals surface area contributed by atoms with Gasteiger partial charge in [-0.05, 0) is 23.8 Å². The summed E-state index contributed by atoms with van der Waals surface area (Å²) in [5.74, 6) is -1.53. The zero-order valence-corrected chi connectivity index (χ0v) is 11.9. The molecule has 0 radical (unpaired) electrons. The van der Waals surface area contributed by atoms with Gasteiger partial charge in [0.05, 0.1) is 0 Å². The molecule has 1 unspecified atom stereocenters. The van der Waals surface area contributed by atoms with E-state index >= 15 is 0 Å². The van der Waals surface area contributed by atoms with Gasteiger partial charge < -0.3 is 10.4 Å². The predicted molar refractivity (Wildman–Crippen MR) is 80.5 cm³/mol. The Morgan fingerprint density at radius 1 is 1.10 bits per heavy atom. The van der Waals surface area contributed by atoms with Gasteiger partial charge in [0.2, 0.25) is 0 Å². The lowest BCUT2D eigenvalue weighted by Crippen LogP contribution is -2.42. The highest BCUT2D eigenvalue weighted by molar-refractivity contribution is 6.30. The van der Waals surface area contributed by atoms with Gasteiger partial charge in [-0.1, -0.05) is 48.0 Å². The van der Waals surface area contributed by atoms with Crippen molar-refractivity contribution in [3.8, 4) is 0 Å². The fourth-order valence-corrected chi connectivity index (χ4v) is 2.11. The van der Waals surface area contributed by atoms with Gasteiger partial charge in [-0.15, -0.1) is 0 Å². The molecule has 0 aliphatic rings. The van der Waals surface area contributed by atoms with Crippen molar-refractivity contribution in [2.24, 2.45) is 0 Å². The Bertz CT molecular complexity index is 643. The van der Waals surface area contributed by atoms with Crippen LogP contribution in [-0.4, -0.2) is 23.0 Å². The predicted octanol–water partition coefficient (Wildman–Crippen LogP) is 2.77. The number of carboxylic acids is 1. The monoisotopic (exact) mass is 303 g/mol. The molecule has 2 aromatic carbocycles. The summed E-state index contributed by atoms with van der Waals surface area (Å²) in [5, 5.41) is 12.2. The Balaban J connectivity index is 2.10. The van der Waals surface area contributed by atoms with Crippen LogP contribution in [0.15, 0.2) is 54.6 Å². The smallest absolute Gasteiger partial charge is 0.326 e. The molecule has 2 aromatic rings. The van der Waals surface area contributed by atoms with Crippen LogP contribution in [0.1, 0.15) is 15.9 Å². The molecule has 0 aromatic heterocycles. The van der Waals surface area contributed by atoms with Crippen LogP contribution < -0.4 is 5.32 Å². The van der Waals surface area contributed by atoms with E-state index in [0.717, 1.165) is 5.56 Å². The van der Waals surface area contributed by atoms with Crippen molar-refractivity contribution in [1.82, 2.24) is 5.32 Å². The summed E-state index contributed by atoms with van der Waals surface area (Å²) in [4.78, 5) is 23.4. The maximum Gasteiger partial charge on any atom is 0.326 e. The number of halogens is 1. The van der Waals surface area contributed by atoms with E-state index in [0.29, 0.717) is 10.6 Å². The van der Waals surface area contributed by atoms with Crippen LogP contribution in [0, 0.1) is 0 Å². The highest BCUT2D eigenvalue weighted by Gasteiger charge is 2.21. The largest absolute Gasteiger partial charge is 0.480 e. The van der Waals surface area contributed by atoms with Crippen molar-refractivity contribution in [3.63, 3.8) is 0 Å². The number of benzene rings is 2. The topological polar surface area (TPSA) is 66.4 Å². The normalized spacial score (nSPS) is 11.7. The summed E-state index contributed by atoms with van der Waals surface area (Å²) >= 11 is 5.82. The van der Waals surface area contributed by atoms with Gasteiger partial charge >= 0.3 is 5.97 Å². The van der Waals surface area contributed by atoms with Gasteiger partial charge in [0.15, 0.2) is 0 Å². The highest BCUT2D eigenvalue weighted by Crippen LogP contribution is 2.11. The Labute approximate surface area is 127 Å². The molecule has 0 aliphatic carbocycles. The molecule has 2 rings (SSSR count). The van der Waals surface area contributed by atoms with Crippen LogP contribution >= 0.6 is 11.6 Å². The maximum atomic E-state index is 12.1. The molecule has 1 amide bonds. The molecule has 0 fully saturated rings. The minimum atomic E-state index is -1.07. The van der Waals surface area contributed by atoms with Gasteiger partial charge in [-0.2, -0.15) is 0 Å². The summed E-state index contributed by atoms with van der Waals surface area (Å²) in [5.41, 5.74) is 1.18. The lowest BCUT2D eigenvalue weighted by atomic mass is 10.1. The van der Waals surface area contributed by atoms with E-state index < -0.39 is 17.9 Å². The number of carboxylic acid groups (broad SMARTS) is 1. The van der Waals surface area contributed by atoms with Crippen LogP contribution in [0.25, 0.3) is 0 Å². The van der Waals surface area contributed by atoms with Gasteiger partial charge in [0.1, 0.15) is 6.04 Å². The number of hydrogen-bond acceptors (Lipinski definition) is 2. The Hall–Kier alpha value is -2.33. The van der Waals surface area contributed by atoms with Crippen molar-refractivity contribution in [2.75, 3.05) is 0 Å². The van der Waals surface area contributed by atoms with E-state index in [1.54, 1.807) is 18.2 Å². The van der Waals surface area contributed by atoms with Crippen LogP contribution in [0.2, 0.25) is 5.02 Å². The summed E-state index contributed by atoms with van der Waals surface area (Å²) in [6.45, 7) is 0. The standard InChI is InChI=1S/C16H14ClNO3/c17-13-8-4-7-12(10-13)15(19)18-14(16(20)21)9-11-5-2-1-3-6-11/h1-8,10,14H,9H2,(H,18,19)(H,20,21). The summed E-state index contributed by atoms with van der Waals surface area (Å²) in [6, 6.07) is 14.5. The second-order valence-corrected chi connectivity index (χ2v) is 5.00. The maximum absolute atomic E-state index is 12.1. The van der Waals surface area contributed by atoms with Crippen molar-refractivity contribution in [2.45, 2.75) is 12.5 Å². The third kappa shape index (κ3) is 4.33. The fraction of sp³-hybridized carbons (Fsp3) is 0.125. The number of hydrogen-bond donors (Lipinski definition) is 2. The first kappa shape index (κ1) is 15.1. The van der Waals surface area contributed by atoms with Gasteiger partial charge in [-0.3, -0.25) is 4.79 Å². The molecule has 1 atom stereocenters. The Morgan fingerprint density at radius 2 is 1.81 bits per heavy atom. The van der Waals surface area contributed by atoms with Crippen LogP contribution in [0.4, 0.5) is 0 Å². The third-order valence-corrected chi connectivity index (χ3v) is 3.21. The van der Waals surface area contributed by atoms with Crippen LogP contribution in [0.3, 0.4) is 0 Å². The summed E-state index contributed by atoms with van der Waals surface area (Å²) < 4.78 is 0. The molecule has 0 saturated heterocycles. The second kappa shape index (κ2) is 6.90. The van der Waals surface area contributed by atoms with Crippen LogP contribution in [-0.2, 0) is 11.2 Å². The van der Waals surface area contributed by atoms with Gasteiger partial charge in [-0.25, -0.2) is 4.79 Å². The Kier molecular flexibility index (Phi) is 4.95. The summed E-state index contributed by atoms with van der Waals surface area (Å²) in [6.07, 6.45) is 0.225. The van der Waals surface area contributed by atoms with E-state index in [1.165, 1.54) is 6.07 Å². The first-order valence-corrected chi connectivity index (χ1v) is 6.77. The molecule has 0 bridgehead atoms.